The van der Waals surface area contributed by atoms with Crippen molar-refractivity contribution in [1.82, 2.24) is 4.98 Å². The van der Waals surface area contributed by atoms with Crippen molar-refractivity contribution in [2.24, 2.45) is 0 Å². The lowest BCUT2D eigenvalue weighted by Crippen LogP contribution is -2.44. The first-order chi connectivity index (χ1) is 13.8. The van der Waals surface area contributed by atoms with Gasteiger partial charge in [-0.3, -0.25) is 4.79 Å². The molecule has 0 saturated heterocycles. The van der Waals surface area contributed by atoms with Gasteiger partial charge in [-0.25, -0.2) is 14.6 Å². The third kappa shape index (κ3) is 6.33. The molecule has 1 heterocycles. The molecule has 0 aliphatic heterocycles. The Kier molecular flexibility index (Phi) is 6.54. The lowest BCUT2D eigenvalue weighted by Gasteiger charge is -2.28. The maximum Gasteiger partial charge on any atom is 0.425 e. The van der Waals surface area contributed by atoms with Crippen LogP contribution in [0.2, 0.25) is 0 Å². The van der Waals surface area contributed by atoms with E-state index in [1.54, 1.807) is 65.8 Å². The molecule has 0 saturated carbocycles. The number of hydrogen-bond acceptors (Lipinski definition) is 7. The van der Waals surface area contributed by atoms with Crippen molar-refractivity contribution in [3.05, 3.63) is 30.5 Å². The summed E-state index contributed by atoms with van der Waals surface area (Å²) < 4.78 is 10.8. The SMILES string of the molecule is CC(C)(C)OC(=O)N(C(=O)OC(C)(C)C)c1nccc2cc(NCC(=O)O)ccc12. The molecule has 2 aromatic rings. The van der Waals surface area contributed by atoms with Crippen LogP contribution in [-0.2, 0) is 14.3 Å². The molecule has 0 aliphatic carbocycles. The van der Waals surface area contributed by atoms with Crippen LogP contribution in [0.4, 0.5) is 21.1 Å². The van der Waals surface area contributed by atoms with Gasteiger partial charge in [-0.05, 0) is 71.2 Å². The molecule has 0 bridgehead atoms. The molecule has 0 fully saturated rings. The van der Waals surface area contributed by atoms with E-state index in [1.807, 2.05) is 0 Å². The number of anilines is 2. The van der Waals surface area contributed by atoms with Gasteiger partial charge in [0.25, 0.3) is 0 Å². The first-order valence-corrected chi connectivity index (χ1v) is 9.37. The van der Waals surface area contributed by atoms with Crippen LogP contribution in [0.25, 0.3) is 10.8 Å². The number of ether oxygens (including phenoxy) is 2. The summed E-state index contributed by atoms with van der Waals surface area (Å²) in [5.74, 6) is -0.938. The van der Waals surface area contributed by atoms with Gasteiger partial charge in [0.05, 0.1) is 0 Å². The molecule has 2 amide bonds. The van der Waals surface area contributed by atoms with Crippen LogP contribution >= 0.6 is 0 Å². The van der Waals surface area contributed by atoms with Gasteiger partial charge in [0.2, 0.25) is 0 Å². The number of benzene rings is 1. The van der Waals surface area contributed by atoms with E-state index in [4.69, 9.17) is 14.6 Å². The molecule has 30 heavy (non-hydrogen) atoms. The summed E-state index contributed by atoms with van der Waals surface area (Å²) >= 11 is 0. The Morgan fingerprint density at radius 1 is 1.00 bits per heavy atom. The van der Waals surface area contributed by atoms with Crippen LogP contribution in [-0.4, -0.2) is 46.0 Å². The second-order valence-corrected chi connectivity index (χ2v) is 8.61. The highest BCUT2D eigenvalue weighted by atomic mass is 16.6. The number of rotatable bonds is 4. The van der Waals surface area contributed by atoms with Crippen LogP contribution in [0.3, 0.4) is 0 Å². The number of amides is 2. The zero-order valence-corrected chi connectivity index (χ0v) is 18.0. The minimum atomic E-state index is -0.994. The minimum absolute atomic E-state index is 0.0563. The number of carbonyl (C=O) groups excluding carboxylic acids is 2. The number of imide groups is 1. The van der Waals surface area contributed by atoms with Gasteiger partial charge in [0, 0.05) is 17.3 Å². The van der Waals surface area contributed by atoms with Crippen LogP contribution < -0.4 is 10.2 Å². The Bertz CT molecular complexity index is 931. The fourth-order valence-corrected chi connectivity index (χ4v) is 2.49. The van der Waals surface area contributed by atoms with Crippen molar-refractivity contribution in [2.75, 3.05) is 16.8 Å². The molecule has 0 atom stereocenters. The minimum Gasteiger partial charge on any atom is -0.480 e. The number of aromatic nitrogens is 1. The van der Waals surface area contributed by atoms with Gasteiger partial charge >= 0.3 is 18.2 Å². The van der Waals surface area contributed by atoms with E-state index in [0.717, 1.165) is 4.90 Å². The zero-order valence-electron chi connectivity index (χ0n) is 18.0. The van der Waals surface area contributed by atoms with E-state index in [1.165, 1.54) is 6.20 Å². The van der Waals surface area contributed by atoms with Gasteiger partial charge in [-0.1, -0.05) is 0 Å². The molecular formula is C21H27N3O6. The van der Waals surface area contributed by atoms with Crippen LogP contribution in [0.1, 0.15) is 41.5 Å². The summed E-state index contributed by atoms with van der Waals surface area (Å²) in [6, 6.07) is 6.67. The van der Waals surface area contributed by atoms with Gasteiger partial charge in [-0.15, -0.1) is 0 Å². The van der Waals surface area contributed by atoms with Crippen molar-refractivity contribution in [1.29, 1.82) is 0 Å². The molecule has 9 heteroatoms. The molecule has 2 rings (SSSR count). The second kappa shape index (κ2) is 8.56. The maximum absolute atomic E-state index is 12.9. The first kappa shape index (κ1) is 22.9. The Balaban J connectivity index is 2.52. The second-order valence-electron chi connectivity index (χ2n) is 8.61. The lowest BCUT2D eigenvalue weighted by molar-refractivity contribution is -0.134. The summed E-state index contributed by atoms with van der Waals surface area (Å²) in [7, 11) is 0. The lowest BCUT2D eigenvalue weighted by atomic mass is 10.1. The number of nitrogens with zero attached hydrogens (tertiary/aromatic N) is 2. The average Bonchev–Trinajstić information content (AvgIpc) is 2.56. The van der Waals surface area contributed by atoms with E-state index in [-0.39, 0.29) is 12.4 Å². The van der Waals surface area contributed by atoms with Gasteiger partial charge < -0.3 is 19.9 Å². The molecule has 0 aliphatic rings. The van der Waals surface area contributed by atoms with E-state index >= 15 is 0 Å². The zero-order chi connectivity index (χ0) is 22.7. The molecule has 162 valence electrons. The summed E-state index contributed by atoms with van der Waals surface area (Å²) in [5.41, 5.74) is -1.10. The van der Waals surface area contributed by atoms with E-state index in [9.17, 15) is 14.4 Å². The maximum atomic E-state index is 12.9. The molecule has 1 aromatic carbocycles. The molecule has 0 spiro atoms. The average molecular weight is 417 g/mol. The van der Waals surface area contributed by atoms with Crippen molar-refractivity contribution >= 4 is 40.4 Å². The Labute approximate surface area is 175 Å². The van der Waals surface area contributed by atoms with Gasteiger partial charge in [0.15, 0.2) is 5.82 Å². The number of pyridine rings is 1. The first-order valence-electron chi connectivity index (χ1n) is 9.37. The summed E-state index contributed by atoms with van der Waals surface area (Å²) in [6.45, 7) is 9.89. The van der Waals surface area contributed by atoms with Crippen molar-refractivity contribution in [3.63, 3.8) is 0 Å². The fraction of sp³-hybridized carbons (Fsp3) is 0.429. The third-order valence-corrected chi connectivity index (χ3v) is 3.55. The highest BCUT2D eigenvalue weighted by Crippen LogP contribution is 2.29. The van der Waals surface area contributed by atoms with E-state index in [0.29, 0.717) is 16.5 Å². The van der Waals surface area contributed by atoms with Gasteiger partial charge in [-0.2, -0.15) is 4.90 Å². The molecule has 0 unspecified atom stereocenters. The Morgan fingerprint density at radius 2 is 1.57 bits per heavy atom. The molecule has 9 nitrogen and oxygen atoms in total. The summed E-state index contributed by atoms with van der Waals surface area (Å²) in [4.78, 5) is 41.5. The van der Waals surface area contributed by atoms with Crippen molar-refractivity contribution in [3.8, 4) is 0 Å². The number of carboxylic acid groups (broad SMARTS) is 1. The topological polar surface area (TPSA) is 118 Å². The predicted octanol–water partition coefficient (Wildman–Crippen LogP) is 4.41. The number of fused-ring (bicyclic) bond motifs is 1. The largest absolute Gasteiger partial charge is 0.480 e. The van der Waals surface area contributed by atoms with Crippen LogP contribution in [0.5, 0.6) is 0 Å². The number of carboxylic acids is 1. The molecule has 2 N–H and O–H groups in total. The third-order valence-electron chi connectivity index (χ3n) is 3.55. The number of nitrogens with one attached hydrogen (secondary N) is 1. The number of hydrogen-bond donors (Lipinski definition) is 2. The smallest absolute Gasteiger partial charge is 0.425 e. The van der Waals surface area contributed by atoms with E-state index in [2.05, 4.69) is 10.3 Å². The predicted molar refractivity (Wildman–Crippen MR) is 113 cm³/mol. The van der Waals surface area contributed by atoms with Crippen LogP contribution in [0.15, 0.2) is 30.5 Å². The number of carbonyl (C=O) groups is 3. The quantitative estimate of drug-likeness (QED) is 0.751. The highest BCUT2D eigenvalue weighted by Gasteiger charge is 2.34. The molecule has 1 aromatic heterocycles. The monoisotopic (exact) mass is 417 g/mol. The van der Waals surface area contributed by atoms with Gasteiger partial charge in [0.1, 0.15) is 17.7 Å². The van der Waals surface area contributed by atoms with Crippen molar-refractivity contribution in [2.45, 2.75) is 52.7 Å². The Hall–Kier alpha value is -3.36. The van der Waals surface area contributed by atoms with Crippen LogP contribution in [0, 0.1) is 0 Å². The highest BCUT2D eigenvalue weighted by molar-refractivity contribution is 6.14. The summed E-state index contributed by atoms with van der Waals surface area (Å²) in [5, 5.41) is 12.7. The Morgan fingerprint density at radius 3 is 2.07 bits per heavy atom. The fourth-order valence-electron chi connectivity index (χ4n) is 2.49. The normalized spacial score (nSPS) is 11.7. The standard InChI is InChI=1S/C21H27N3O6/c1-20(2,3)29-18(27)24(19(28)30-21(4,5)6)17-15-8-7-14(23-12-16(25)26)11-13(15)9-10-22-17/h7-11,23H,12H2,1-6H3,(H,25,26). The van der Waals surface area contributed by atoms with E-state index < -0.39 is 29.4 Å². The molecule has 0 radical (unpaired) electrons. The van der Waals surface area contributed by atoms with Crippen molar-refractivity contribution < 1.29 is 29.0 Å². The summed E-state index contributed by atoms with van der Waals surface area (Å²) in [6.07, 6.45) is -0.380. The molecular weight excluding hydrogens is 390 g/mol. The number of aliphatic carboxylic acids is 1.